The van der Waals surface area contributed by atoms with Crippen LogP contribution in [0.2, 0.25) is 0 Å². The molecule has 2 heterocycles. The van der Waals surface area contributed by atoms with E-state index in [1.54, 1.807) is 35.4 Å². The average Bonchev–Trinajstić information content (AvgIpc) is 3.03. The number of carbonyl (C=O) groups excluding carboxylic acids is 3. The number of esters is 1. The first-order chi connectivity index (χ1) is 12.6. The van der Waals surface area contributed by atoms with Gasteiger partial charge in [-0.15, -0.1) is 0 Å². The number of aromatic nitrogens is 1. The Morgan fingerprint density at radius 2 is 2.00 bits per heavy atom. The molecule has 1 saturated heterocycles. The number of nitrogens with one attached hydrogen (secondary N) is 1. The van der Waals surface area contributed by atoms with Gasteiger partial charge in [0.25, 0.3) is 0 Å². The van der Waals surface area contributed by atoms with E-state index in [0.29, 0.717) is 18.8 Å². The van der Waals surface area contributed by atoms with Gasteiger partial charge in [0, 0.05) is 19.2 Å². The van der Waals surface area contributed by atoms with Gasteiger partial charge in [-0.1, -0.05) is 18.2 Å². The zero-order valence-electron chi connectivity index (χ0n) is 14.3. The second-order valence-corrected chi connectivity index (χ2v) is 6.02. The van der Waals surface area contributed by atoms with Gasteiger partial charge < -0.3 is 15.0 Å². The summed E-state index contributed by atoms with van der Waals surface area (Å²) in [7, 11) is 1.28. The zero-order valence-corrected chi connectivity index (χ0v) is 14.3. The summed E-state index contributed by atoms with van der Waals surface area (Å²) in [5.41, 5.74) is 1.43. The highest BCUT2D eigenvalue weighted by atomic mass is 16.5. The summed E-state index contributed by atoms with van der Waals surface area (Å²) in [5.74, 6) is -1.38. The standard InChI is InChI=1S/C19H19N3O4/c1-26-19(25)15-7-2-3-8-16(15)21-18(24)13-10-17(23)22(11-13)12-14-6-4-5-9-20-14/h2-9,13H,10-12H2,1H3,(H,21,24). The van der Waals surface area contributed by atoms with Crippen molar-refractivity contribution in [3.63, 3.8) is 0 Å². The molecular weight excluding hydrogens is 334 g/mol. The minimum absolute atomic E-state index is 0.0861. The number of amides is 2. The number of likely N-dealkylation sites (tertiary alicyclic amines) is 1. The first-order valence-corrected chi connectivity index (χ1v) is 8.24. The number of ether oxygens (including phenoxy) is 1. The second kappa shape index (κ2) is 7.77. The Morgan fingerprint density at radius 1 is 1.23 bits per heavy atom. The van der Waals surface area contributed by atoms with Crippen LogP contribution in [0.25, 0.3) is 0 Å². The van der Waals surface area contributed by atoms with Crippen LogP contribution in [0.1, 0.15) is 22.5 Å². The van der Waals surface area contributed by atoms with Gasteiger partial charge in [0.05, 0.1) is 36.5 Å². The molecule has 1 fully saturated rings. The third-order valence-electron chi connectivity index (χ3n) is 4.25. The van der Waals surface area contributed by atoms with Crippen molar-refractivity contribution in [3.8, 4) is 0 Å². The Balaban J connectivity index is 1.66. The highest BCUT2D eigenvalue weighted by Crippen LogP contribution is 2.23. The SMILES string of the molecule is COC(=O)c1ccccc1NC(=O)C1CC(=O)N(Cc2ccccn2)C1. The van der Waals surface area contributed by atoms with Crippen LogP contribution >= 0.6 is 0 Å². The van der Waals surface area contributed by atoms with Gasteiger partial charge in [-0.2, -0.15) is 0 Å². The lowest BCUT2D eigenvalue weighted by Crippen LogP contribution is -2.28. The van der Waals surface area contributed by atoms with Crippen LogP contribution in [0.3, 0.4) is 0 Å². The van der Waals surface area contributed by atoms with Crippen molar-refractivity contribution in [2.75, 3.05) is 19.0 Å². The van der Waals surface area contributed by atoms with Crippen LogP contribution in [-0.4, -0.2) is 41.3 Å². The summed E-state index contributed by atoms with van der Waals surface area (Å²) >= 11 is 0. The number of anilines is 1. The average molecular weight is 353 g/mol. The summed E-state index contributed by atoms with van der Waals surface area (Å²) in [6.45, 7) is 0.698. The molecule has 7 heteroatoms. The van der Waals surface area contributed by atoms with E-state index in [-0.39, 0.29) is 23.8 Å². The number of carbonyl (C=O) groups is 3. The lowest BCUT2D eigenvalue weighted by atomic mass is 10.1. The fourth-order valence-corrected chi connectivity index (χ4v) is 2.90. The summed E-state index contributed by atoms with van der Waals surface area (Å²) in [6.07, 6.45) is 1.81. The van der Waals surface area contributed by atoms with E-state index in [1.807, 2.05) is 18.2 Å². The maximum atomic E-state index is 12.6. The monoisotopic (exact) mass is 353 g/mol. The molecule has 2 aromatic rings. The van der Waals surface area contributed by atoms with E-state index in [1.165, 1.54) is 7.11 Å². The molecule has 1 aromatic heterocycles. The lowest BCUT2D eigenvalue weighted by Gasteiger charge is -2.16. The maximum Gasteiger partial charge on any atom is 0.339 e. The topological polar surface area (TPSA) is 88.6 Å². The minimum atomic E-state index is -0.528. The molecule has 1 N–H and O–H groups in total. The molecule has 0 aliphatic carbocycles. The van der Waals surface area contributed by atoms with Crippen molar-refractivity contribution in [2.24, 2.45) is 5.92 Å². The Morgan fingerprint density at radius 3 is 2.73 bits per heavy atom. The van der Waals surface area contributed by atoms with E-state index in [0.717, 1.165) is 5.69 Å². The Kier molecular flexibility index (Phi) is 5.26. The van der Waals surface area contributed by atoms with Crippen LogP contribution in [-0.2, 0) is 20.9 Å². The van der Waals surface area contributed by atoms with Crippen molar-refractivity contribution in [1.29, 1.82) is 0 Å². The Bertz CT molecular complexity index is 823. The van der Waals surface area contributed by atoms with Crippen LogP contribution < -0.4 is 5.32 Å². The molecule has 134 valence electrons. The molecule has 26 heavy (non-hydrogen) atoms. The molecule has 1 unspecified atom stereocenters. The molecule has 0 bridgehead atoms. The van der Waals surface area contributed by atoms with E-state index in [2.05, 4.69) is 10.3 Å². The smallest absolute Gasteiger partial charge is 0.339 e. The number of hydrogen-bond acceptors (Lipinski definition) is 5. The quantitative estimate of drug-likeness (QED) is 0.829. The minimum Gasteiger partial charge on any atom is -0.465 e. The lowest BCUT2D eigenvalue weighted by molar-refractivity contribution is -0.128. The third-order valence-corrected chi connectivity index (χ3v) is 4.25. The van der Waals surface area contributed by atoms with E-state index in [4.69, 9.17) is 4.74 Å². The van der Waals surface area contributed by atoms with E-state index in [9.17, 15) is 14.4 Å². The van der Waals surface area contributed by atoms with Gasteiger partial charge >= 0.3 is 5.97 Å². The van der Waals surface area contributed by atoms with E-state index < -0.39 is 11.9 Å². The molecule has 3 rings (SSSR count). The summed E-state index contributed by atoms with van der Waals surface area (Å²) in [4.78, 5) is 42.4. The molecular formula is C19H19N3O4. The number of methoxy groups -OCH3 is 1. The van der Waals surface area contributed by atoms with Gasteiger partial charge in [-0.25, -0.2) is 4.79 Å². The fourth-order valence-electron chi connectivity index (χ4n) is 2.90. The normalized spacial score (nSPS) is 16.4. The number of pyridine rings is 1. The van der Waals surface area contributed by atoms with Crippen LogP contribution in [0.15, 0.2) is 48.7 Å². The van der Waals surface area contributed by atoms with Crippen molar-refractivity contribution < 1.29 is 19.1 Å². The zero-order chi connectivity index (χ0) is 18.5. The van der Waals surface area contributed by atoms with Gasteiger partial charge in [0.15, 0.2) is 0 Å². The number of hydrogen-bond donors (Lipinski definition) is 1. The Labute approximate surface area is 151 Å². The largest absolute Gasteiger partial charge is 0.465 e. The number of nitrogens with zero attached hydrogens (tertiary/aromatic N) is 2. The first-order valence-electron chi connectivity index (χ1n) is 8.24. The highest BCUT2D eigenvalue weighted by Gasteiger charge is 2.34. The van der Waals surface area contributed by atoms with Crippen molar-refractivity contribution >= 4 is 23.5 Å². The summed E-state index contributed by atoms with van der Waals surface area (Å²) in [6, 6.07) is 12.1. The summed E-state index contributed by atoms with van der Waals surface area (Å²) < 4.78 is 4.72. The van der Waals surface area contributed by atoms with Gasteiger partial charge in [-0.05, 0) is 24.3 Å². The number of benzene rings is 1. The fraction of sp³-hybridized carbons (Fsp3) is 0.263. The summed E-state index contributed by atoms with van der Waals surface area (Å²) in [5, 5.41) is 2.74. The molecule has 1 aliphatic heterocycles. The van der Waals surface area contributed by atoms with Crippen LogP contribution in [0.4, 0.5) is 5.69 Å². The molecule has 2 amide bonds. The second-order valence-electron chi connectivity index (χ2n) is 6.02. The highest BCUT2D eigenvalue weighted by molar-refractivity contribution is 6.03. The molecule has 0 radical (unpaired) electrons. The number of para-hydroxylation sites is 1. The number of rotatable bonds is 5. The predicted octanol–water partition coefficient (Wildman–Crippen LogP) is 1.86. The van der Waals surface area contributed by atoms with Crippen molar-refractivity contribution in [1.82, 2.24) is 9.88 Å². The van der Waals surface area contributed by atoms with Crippen LogP contribution in [0.5, 0.6) is 0 Å². The van der Waals surface area contributed by atoms with Crippen molar-refractivity contribution in [3.05, 3.63) is 59.9 Å². The predicted molar refractivity (Wildman–Crippen MR) is 94.2 cm³/mol. The van der Waals surface area contributed by atoms with Crippen molar-refractivity contribution in [2.45, 2.75) is 13.0 Å². The molecule has 7 nitrogen and oxygen atoms in total. The molecule has 1 atom stereocenters. The molecule has 0 spiro atoms. The third kappa shape index (κ3) is 3.88. The van der Waals surface area contributed by atoms with Gasteiger partial charge in [0.2, 0.25) is 11.8 Å². The van der Waals surface area contributed by atoms with Crippen LogP contribution in [0, 0.1) is 5.92 Å². The molecule has 1 aromatic carbocycles. The molecule has 1 aliphatic rings. The first kappa shape index (κ1) is 17.6. The van der Waals surface area contributed by atoms with Gasteiger partial charge in [-0.3, -0.25) is 14.6 Å². The maximum absolute atomic E-state index is 12.6. The Hall–Kier alpha value is -3.22. The van der Waals surface area contributed by atoms with E-state index >= 15 is 0 Å². The molecule has 0 saturated carbocycles. The van der Waals surface area contributed by atoms with Gasteiger partial charge in [0.1, 0.15) is 0 Å².